The normalized spacial score (nSPS) is 11.6. The van der Waals surface area contributed by atoms with Crippen LogP contribution in [0.25, 0.3) is 0 Å². The molecule has 0 aliphatic heterocycles. The molecule has 1 heteroatoms. The van der Waals surface area contributed by atoms with Crippen LogP contribution in [0, 0.1) is 6.07 Å². The zero-order valence-electron chi connectivity index (χ0n) is 7.67. The number of hydrogen-bond acceptors (Lipinski definition) is 1. The molecule has 65 valence electrons. The fraction of sp³-hybridized carbons (Fsp3) is 0.455. The Bertz CT molecular complexity index is 226. The van der Waals surface area contributed by atoms with E-state index in [-0.39, 0.29) is 12.0 Å². The quantitative estimate of drug-likeness (QED) is 0.724. The topological polar surface area (TPSA) is 20.2 Å². The Kier molecular flexibility index (Phi) is 2.88. The summed E-state index contributed by atoms with van der Waals surface area (Å²) in [7, 11) is 0. The summed E-state index contributed by atoms with van der Waals surface area (Å²) in [6.07, 6.45) is 0.785. The van der Waals surface area contributed by atoms with E-state index >= 15 is 0 Å². The standard InChI is InChI=1S/C11H15O/c1-11(2,8-9-12)10-6-4-3-5-7-10/h3-6,12H,8-9H2,1-2H3. The lowest BCUT2D eigenvalue weighted by Crippen LogP contribution is -2.18. The van der Waals surface area contributed by atoms with Gasteiger partial charge in [-0.3, -0.25) is 0 Å². The van der Waals surface area contributed by atoms with Crippen LogP contribution in [0.3, 0.4) is 0 Å². The zero-order chi connectivity index (χ0) is 9.03. The van der Waals surface area contributed by atoms with E-state index in [0.29, 0.717) is 0 Å². The first-order valence-corrected chi connectivity index (χ1v) is 4.25. The van der Waals surface area contributed by atoms with E-state index < -0.39 is 0 Å². The van der Waals surface area contributed by atoms with Gasteiger partial charge in [0.25, 0.3) is 0 Å². The van der Waals surface area contributed by atoms with E-state index in [4.69, 9.17) is 5.11 Å². The highest BCUT2D eigenvalue weighted by Crippen LogP contribution is 2.25. The molecular weight excluding hydrogens is 148 g/mol. The lowest BCUT2D eigenvalue weighted by molar-refractivity contribution is 0.252. The van der Waals surface area contributed by atoms with Gasteiger partial charge in [-0.2, -0.15) is 0 Å². The molecule has 0 aromatic heterocycles. The summed E-state index contributed by atoms with van der Waals surface area (Å²) in [5.41, 5.74) is 1.20. The second-order valence-corrected chi connectivity index (χ2v) is 3.63. The molecule has 1 aromatic carbocycles. The van der Waals surface area contributed by atoms with Gasteiger partial charge in [0.1, 0.15) is 0 Å². The molecule has 0 amide bonds. The van der Waals surface area contributed by atoms with Gasteiger partial charge in [-0.05, 0) is 23.5 Å². The van der Waals surface area contributed by atoms with Gasteiger partial charge in [0.2, 0.25) is 0 Å². The third kappa shape index (κ3) is 2.08. The summed E-state index contributed by atoms with van der Waals surface area (Å²) in [5, 5.41) is 8.85. The monoisotopic (exact) mass is 163 g/mol. The molecule has 1 aromatic rings. The summed E-state index contributed by atoms with van der Waals surface area (Å²) in [6, 6.07) is 11.1. The first-order valence-electron chi connectivity index (χ1n) is 4.25. The van der Waals surface area contributed by atoms with Crippen LogP contribution in [0.1, 0.15) is 25.8 Å². The average Bonchev–Trinajstić information content (AvgIpc) is 2.06. The number of rotatable bonds is 3. The van der Waals surface area contributed by atoms with Gasteiger partial charge in [-0.1, -0.05) is 38.1 Å². The van der Waals surface area contributed by atoms with Crippen molar-refractivity contribution < 1.29 is 5.11 Å². The van der Waals surface area contributed by atoms with Crippen molar-refractivity contribution in [3.05, 3.63) is 35.9 Å². The molecule has 0 fully saturated rings. The molecule has 0 saturated carbocycles. The van der Waals surface area contributed by atoms with Crippen molar-refractivity contribution in [3.8, 4) is 0 Å². The fourth-order valence-electron chi connectivity index (χ4n) is 1.23. The van der Waals surface area contributed by atoms with Crippen LogP contribution in [0.15, 0.2) is 24.3 Å². The highest BCUT2D eigenvalue weighted by molar-refractivity contribution is 5.21. The maximum atomic E-state index is 8.85. The van der Waals surface area contributed by atoms with E-state index in [1.54, 1.807) is 0 Å². The predicted molar refractivity (Wildman–Crippen MR) is 50.0 cm³/mol. The SMILES string of the molecule is CC(C)(CCO)c1[c]cccc1. The lowest BCUT2D eigenvalue weighted by atomic mass is 9.82. The van der Waals surface area contributed by atoms with E-state index in [2.05, 4.69) is 26.0 Å². The largest absolute Gasteiger partial charge is 0.396 e. The van der Waals surface area contributed by atoms with Crippen LogP contribution >= 0.6 is 0 Å². The third-order valence-corrected chi connectivity index (χ3v) is 2.17. The molecule has 1 nitrogen and oxygen atoms in total. The number of benzene rings is 1. The highest BCUT2D eigenvalue weighted by atomic mass is 16.3. The molecule has 0 aliphatic rings. The van der Waals surface area contributed by atoms with Crippen molar-refractivity contribution in [1.82, 2.24) is 0 Å². The van der Waals surface area contributed by atoms with Gasteiger partial charge in [0, 0.05) is 6.61 Å². The smallest absolute Gasteiger partial charge is 0.0439 e. The third-order valence-electron chi connectivity index (χ3n) is 2.17. The average molecular weight is 163 g/mol. The molecule has 12 heavy (non-hydrogen) atoms. The maximum absolute atomic E-state index is 8.85. The Labute approximate surface area is 74.1 Å². The molecule has 1 N–H and O–H groups in total. The number of aliphatic hydroxyl groups excluding tert-OH is 1. The Hall–Kier alpha value is -0.820. The molecular formula is C11H15O. The zero-order valence-corrected chi connectivity index (χ0v) is 7.67. The molecule has 0 heterocycles. The first kappa shape index (κ1) is 9.27. The molecule has 1 radical (unpaired) electrons. The van der Waals surface area contributed by atoms with Crippen LogP contribution in [0.5, 0.6) is 0 Å². The van der Waals surface area contributed by atoms with Crippen molar-refractivity contribution in [2.75, 3.05) is 6.61 Å². The summed E-state index contributed by atoms with van der Waals surface area (Å²) in [6.45, 7) is 4.47. The van der Waals surface area contributed by atoms with Crippen LogP contribution in [-0.2, 0) is 5.41 Å². The molecule has 0 atom stereocenters. The summed E-state index contributed by atoms with van der Waals surface area (Å²) in [5.74, 6) is 0. The van der Waals surface area contributed by atoms with Crippen molar-refractivity contribution in [3.63, 3.8) is 0 Å². The minimum atomic E-state index is 0.0377. The molecule has 0 spiro atoms. The van der Waals surface area contributed by atoms with E-state index in [0.717, 1.165) is 6.42 Å². The molecule has 1 rings (SSSR count). The number of hydrogen-bond donors (Lipinski definition) is 1. The first-order chi connectivity index (χ1) is 5.67. The Balaban J connectivity index is 2.82. The van der Waals surface area contributed by atoms with Crippen molar-refractivity contribution in [2.24, 2.45) is 0 Å². The maximum Gasteiger partial charge on any atom is 0.0439 e. The second-order valence-electron chi connectivity index (χ2n) is 3.63. The minimum Gasteiger partial charge on any atom is -0.396 e. The summed E-state index contributed by atoms with van der Waals surface area (Å²) < 4.78 is 0. The Morgan fingerprint density at radius 3 is 2.67 bits per heavy atom. The van der Waals surface area contributed by atoms with E-state index in [1.807, 2.05) is 18.2 Å². The molecule has 0 bridgehead atoms. The Morgan fingerprint density at radius 1 is 1.42 bits per heavy atom. The molecule has 0 saturated heterocycles. The van der Waals surface area contributed by atoms with Gasteiger partial charge >= 0.3 is 0 Å². The van der Waals surface area contributed by atoms with Crippen LogP contribution < -0.4 is 0 Å². The summed E-state index contributed by atoms with van der Waals surface area (Å²) >= 11 is 0. The van der Waals surface area contributed by atoms with Gasteiger partial charge in [0.05, 0.1) is 0 Å². The predicted octanol–water partition coefficient (Wildman–Crippen LogP) is 2.15. The van der Waals surface area contributed by atoms with Gasteiger partial charge < -0.3 is 5.11 Å². The molecule has 0 unspecified atom stereocenters. The van der Waals surface area contributed by atoms with Crippen LogP contribution in [-0.4, -0.2) is 11.7 Å². The van der Waals surface area contributed by atoms with Crippen LogP contribution in [0.4, 0.5) is 0 Å². The second kappa shape index (κ2) is 3.72. The van der Waals surface area contributed by atoms with E-state index in [1.165, 1.54) is 5.56 Å². The molecule has 0 aliphatic carbocycles. The lowest BCUT2D eigenvalue weighted by Gasteiger charge is -2.23. The van der Waals surface area contributed by atoms with Crippen LogP contribution in [0.2, 0.25) is 0 Å². The fourth-order valence-corrected chi connectivity index (χ4v) is 1.23. The van der Waals surface area contributed by atoms with Gasteiger partial charge in [0.15, 0.2) is 0 Å². The minimum absolute atomic E-state index is 0.0377. The number of aliphatic hydroxyl groups is 1. The van der Waals surface area contributed by atoms with Gasteiger partial charge in [-0.25, -0.2) is 0 Å². The van der Waals surface area contributed by atoms with E-state index in [9.17, 15) is 0 Å². The Morgan fingerprint density at radius 2 is 2.17 bits per heavy atom. The summed E-state index contributed by atoms with van der Waals surface area (Å²) in [4.78, 5) is 0. The van der Waals surface area contributed by atoms with Crippen molar-refractivity contribution >= 4 is 0 Å². The van der Waals surface area contributed by atoms with Crippen molar-refractivity contribution in [1.29, 1.82) is 0 Å². The van der Waals surface area contributed by atoms with Crippen molar-refractivity contribution in [2.45, 2.75) is 25.7 Å². The highest BCUT2D eigenvalue weighted by Gasteiger charge is 2.18. The van der Waals surface area contributed by atoms with Gasteiger partial charge in [-0.15, -0.1) is 0 Å².